The second kappa shape index (κ2) is 4.01. The van der Waals surface area contributed by atoms with E-state index in [0.29, 0.717) is 0 Å². The Labute approximate surface area is 96.8 Å². The van der Waals surface area contributed by atoms with Gasteiger partial charge in [0.05, 0.1) is 10.6 Å². The van der Waals surface area contributed by atoms with Crippen molar-refractivity contribution in [1.29, 1.82) is 0 Å². The quantitative estimate of drug-likeness (QED) is 0.771. The van der Waals surface area contributed by atoms with Crippen LogP contribution in [0.3, 0.4) is 0 Å². The third-order valence-corrected chi connectivity index (χ3v) is 2.41. The second-order valence-corrected chi connectivity index (χ2v) is 4.87. The van der Waals surface area contributed by atoms with Crippen LogP contribution in [0, 0.1) is 11.6 Å². The molecule has 0 heterocycles. The number of benzene rings is 1. The van der Waals surface area contributed by atoms with Gasteiger partial charge in [-0.05, 0) is 11.5 Å². The summed E-state index contributed by atoms with van der Waals surface area (Å²) in [7, 11) is 0. The number of rotatable bonds is 1. The van der Waals surface area contributed by atoms with Crippen LogP contribution in [0.1, 0.15) is 36.7 Å². The maximum absolute atomic E-state index is 13.8. The summed E-state index contributed by atoms with van der Waals surface area (Å²) in [6, 6.07) is 0.782. The zero-order valence-electron chi connectivity index (χ0n) is 9.07. The van der Waals surface area contributed by atoms with E-state index in [1.165, 1.54) is 0 Å². The van der Waals surface area contributed by atoms with E-state index < -0.39 is 28.6 Å². The van der Waals surface area contributed by atoms with E-state index in [1.807, 2.05) is 0 Å². The first-order valence-electron chi connectivity index (χ1n) is 4.57. The predicted octanol–water partition coefficient (Wildman–Crippen LogP) is 3.61. The van der Waals surface area contributed by atoms with Gasteiger partial charge in [0.1, 0.15) is 11.6 Å². The van der Waals surface area contributed by atoms with Crippen LogP contribution in [0.15, 0.2) is 6.07 Å². The average Bonchev–Trinajstić information content (AvgIpc) is 2.08. The van der Waals surface area contributed by atoms with E-state index in [1.54, 1.807) is 20.8 Å². The fraction of sp³-hybridized carbons (Fsp3) is 0.364. The summed E-state index contributed by atoms with van der Waals surface area (Å²) >= 11 is 5.54. The SMILES string of the molecule is CC(C)(C)c1c(F)c(Cl)cc(C(=O)O)c1F. The van der Waals surface area contributed by atoms with Crippen LogP contribution in [-0.2, 0) is 5.41 Å². The number of hydrogen-bond acceptors (Lipinski definition) is 1. The van der Waals surface area contributed by atoms with Gasteiger partial charge >= 0.3 is 5.97 Å². The summed E-state index contributed by atoms with van der Waals surface area (Å²) in [4.78, 5) is 10.7. The molecule has 0 fully saturated rings. The summed E-state index contributed by atoms with van der Waals surface area (Å²) in [6.45, 7) is 4.74. The first-order chi connectivity index (χ1) is 7.16. The fourth-order valence-corrected chi connectivity index (χ4v) is 1.62. The van der Waals surface area contributed by atoms with Crippen LogP contribution in [0.5, 0.6) is 0 Å². The molecule has 1 aromatic rings. The van der Waals surface area contributed by atoms with Gasteiger partial charge in [-0.1, -0.05) is 32.4 Å². The number of aromatic carboxylic acids is 1. The Morgan fingerprint density at radius 2 is 1.81 bits per heavy atom. The molecule has 0 aliphatic rings. The van der Waals surface area contributed by atoms with Crippen LogP contribution in [0.25, 0.3) is 0 Å². The maximum Gasteiger partial charge on any atom is 0.338 e. The molecule has 5 heteroatoms. The lowest BCUT2D eigenvalue weighted by atomic mass is 9.85. The molecule has 1 rings (SSSR count). The second-order valence-electron chi connectivity index (χ2n) is 4.46. The number of carboxylic acid groups (broad SMARTS) is 1. The minimum absolute atomic E-state index is 0.308. The first kappa shape index (κ1) is 12.9. The van der Waals surface area contributed by atoms with Crippen molar-refractivity contribution in [2.24, 2.45) is 0 Å². The zero-order valence-corrected chi connectivity index (χ0v) is 9.82. The average molecular weight is 249 g/mol. The van der Waals surface area contributed by atoms with E-state index in [-0.39, 0.29) is 10.6 Å². The molecule has 0 bridgehead atoms. The molecule has 0 aliphatic heterocycles. The maximum atomic E-state index is 13.8. The smallest absolute Gasteiger partial charge is 0.338 e. The minimum Gasteiger partial charge on any atom is -0.478 e. The molecule has 0 atom stereocenters. The molecular formula is C11H11ClF2O2. The highest BCUT2D eigenvalue weighted by Gasteiger charge is 2.29. The lowest BCUT2D eigenvalue weighted by Crippen LogP contribution is -2.19. The van der Waals surface area contributed by atoms with Gasteiger partial charge in [-0.3, -0.25) is 0 Å². The summed E-state index contributed by atoms with van der Waals surface area (Å²) in [5, 5.41) is 8.36. The van der Waals surface area contributed by atoms with Crippen molar-refractivity contribution >= 4 is 17.6 Å². The minimum atomic E-state index is -1.47. The van der Waals surface area contributed by atoms with Crippen LogP contribution in [0.2, 0.25) is 5.02 Å². The lowest BCUT2D eigenvalue weighted by Gasteiger charge is -2.21. The first-order valence-corrected chi connectivity index (χ1v) is 4.95. The van der Waals surface area contributed by atoms with Gasteiger partial charge in [-0.2, -0.15) is 0 Å². The molecule has 0 unspecified atom stereocenters. The van der Waals surface area contributed by atoms with Crippen molar-refractivity contribution < 1.29 is 18.7 Å². The van der Waals surface area contributed by atoms with Crippen molar-refractivity contribution in [2.75, 3.05) is 0 Å². The van der Waals surface area contributed by atoms with Gasteiger partial charge in [-0.15, -0.1) is 0 Å². The highest BCUT2D eigenvalue weighted by atomic mass is 35.5. The van der Waals surface area contributed by atoms with Gasteiger partial charge < -0.3 is 5.11 Å². The monoisotopic (exact) mass is 248 g/mol. The van der Waals surface area contributed by atoms with Gasteiger partial charge in [0.15, 0.2) is 0 Å². The van der Waals surface area contributed by atoms with E-state index in [4.69, 9.17) is 16.7 Å². The van der Waals surface area contributed by atoms with E-state index in [0.717, 1.165) is 6.07 Å². The normalized spacial score (nSPS) is 11.6. The van der Waals surface area contributed by atoms with Crippen molar-refractivity contribution in [3.63, 3.8) is 0 Å². The molecule has 0 aromatic heterocycles. The molecule has 0 radical (unpaired) electrons. The van der Waals surface area contributed by atoms with Crippen LogP contribution in [0.4, 0.5) is 8.78 Å². The molecule has 16 heavy (non-hydrogen) atoms. The van der Waals surface area contributed by atoms with Crippen LogP contribution in [-0.4, -0.2) is 11.1 Å². The Balaban J connectivity index is 3.66. The Morgan fingerprint density at radius 1 is 1.31 bits per heavy atom. The Kier molecular flexibility index (Phi) is 3.24. The van der Waals surface area contributed by atoms with Gasteiger partial charge in [0.2, 0.25) is 0 Å². The zero-order chi connectivity index (χ0) is 12.7. The van der Waals surface area contributed by atoms with E-state index >= 15 is 0 Å². The molecule has 0 spiro atoms. The molecule has 88 valence electrons. The molecule has 1 aromatic carbocycles. The van der Waals surface area contributed by atoms with Gasteiger partial charge in [0, 0.05) is 5.56 Å². The van der Waals surface area contributed by atoms with Crippen LogP contribution >= 0.6 is 11.6 Å². The summed E-state index contributed by atoms with van der Waals surface area (Å²) in [5.74, 6) is -3.44. The molecule has 0 saturated heterocycles. The van der Waals surface area contributed by atoms with Crippen LogP contribution < -0.4 is 0 Å². The summed E-state index contributed by atoms with van der Waals surface area (Å²) in [5.41, 5.74) is -1.78. The van der Waals surface area contributed by atoms with Gasteiger partial charge in [0.25, 0.3) is 0 Å². The highest BCUT2D eigenvalue weighted by molar-refractivity contribution is 6.31. The molecule has 1 N–H and O–H groups in total. The predicted molar refractivity (Wildman–Crippen MR) is 57.0 cm³/mol. The number of hydrogen-bond donors (Lipinski definition) is 1. The molecular weight excluding hydrogens is 238 g/mol. The van der Waals surface area contributed by atoms with E-state index in [9.17, 15) is 13.6 Å². The lowest BCUT2D eigenvalue weighted by molar-refractivity contribution is 0.0691. The number of carbonyl (C=O) groups is 1. The highest BCUT2D eigenvalue weighted by Crippen LogP contribution is 2.33. The van der Waals surface area contributed by atoms with Gasteiger partial charge in [-0.25, -0.2) is 13.6 Å². The Morgan fingerprint density at radius 3 is 2.19 bits per heavy atom. The molecule has 2 nitrogen and oxygen atoms in total. The van der Waals surface area contributed by atoms with Crippen molar-refractivity contribution in [3.05, 3.63) is 33.9 Å². The number of halogens is 3. The number of carboxylic acids is 1. The Hall–Kier alpha value is -1.16. The van der Waals surface area contributed by atoms with Crippen molar-refractivity contribution in [1.82, 2.24) is 0 Å². The molecule has 0 saturated carbocycles. The third-order valence-electron chi connectivity index (χ3n) is 2.14. The topological polar surface area (TPSA) is 37.3 Å². The molecule has 0 aliphatic carbocycles. The standard InChI is InChI=1S/C11H11ClF2O2/c1-11(2,3)7-8(13)5(10(15)16)4-6(12)9(7)14/h4H,1-3H3,(H,15,16). The summed E-state index contributed by atoms with van der Waals surface area (Å²) < 4.78 is 27.4. The summed E-state index contributed by atoms with van der Waals surface area (Å²) in [6.07, 6.45) is 0. The third kappa shape index (κ3) is 2.16. The Bertz CT molecular complexity index is 450. The van der Waals surface area contributed by atoms with Crippen molar-refractivity contribution in [3.8, 4) is 0 Å². The van der Waals surface area contributed by atoms with E-state index in [2.05, 4.69) is 0 Å². The van der Waals surface area contributed by atoms with Crippen molar-refractivity contribution in [2.45, 2.75) is 26.2 Å². The molecule has 0 amide bonds. The fourth-order valence-electron chi connectivity index (χ4n) is 1.42. The largest absolute Gasteiger partial charge is 0.478 e.